The Morgan fingerprint density at radius 1 is 1.07 bits per heavy atom. The van der Waals surface area contributed by atoms with Crippen LogP contribution in [0.15, 0.2) is 76.5 Å². The second-order valence-electron chi connectivity index (χ2n) is 6.01. The first-order chi connectivity index (χ1) is 13.3. The van der Waals surface area contributed by atoms with Crippen molar-refractivity contribution in [2.75, 3.05) is 0 Å². The number of nitrogens with zero attached hydrogens (tertiary/aromatic N) is 4. The third-order valence-corrected chi connectivity index (χ3v) is 5.16. The number of hydrogen-bond donors (Lipinski definition) is 0. The molecule has 0 aliphatic carbocycles. The Balaban J connectivity index is 1.73. The predicted octanol–water partition coefficient (Wildman–Crippen LogP) is 5.00. The molecule has 0 N–H and O–H groups in total. The molecule has 0 atom stereocenters. The SMILES string of the molecule is Cc1ccccc1-n1c(SCc2cccc(C#N)c2)nnc1-c1ccco1. The van der Waals surface area contributed by atoms with E-state index < -0.39 is 0 Å². The summed E-state index contributed by atoms with van der Waals surface area (Å²) in [5, 5.41) is 18.6. The van der Waals surface area contributed by atoms with E-state index in [4.69, 9.17) is 9.68 Å². The van der Waals surface area contributed by atoms with Crippen molar-refractivity contribution in [1.29, 1.82) is 5.26 Å². The van der Waals surface area contributed by atoms with Gasteiger partial charge >= 0.3 is 0 Å². The summed E-state index contributed by atoms with van der Waals surface area (Å²) in [4.78, 5) is 0. The molecule has 6 heteroatoms. The molecular weight excluding hydrogens is 356 g/mol. The van der Waals surface area contributed by atoms with Crippen molar-refractivity contribution in [3.8, 4) is 23.3 Å². The van der Waals surface area contributed by atoms with Crippen LogP contribution in [0.2, 0.25) is 0 Å². The first-order valence-electron chi connectivity index (χ1n) is 8.43. The van der Waals surface area contributed by atoms with Gasteiger partial charge in [0, 0.05) is 5.75 Å². The van der Waals surface area contributed by atoms with Crippen LogP contribution in [0.5, 0.6) is 0 Å². The Bertz CT molecular complexity index is 1110. The Kier molecular flexibility index (Phi) is 4.77. The van der Waals surface area contributed by atoms with Gasteiger partial charge in [-0.2, -0.15) is 5.26 Å². The average molecular weight is 372 g/mol. The highest BCUT2D eigenvalue weighted by Crippen LogP contribution is 2.31. The van der Waals surface area contributed by atoms with Crippen LogP contribution in [0.4, 0.5) is 0 Å². The maximum absolute atomic E-state index is 9.09. The van der Waals surface area contributed by atoms with Gasteiger partial charge in [0.1, 0.15) is 0 Å². The predicted molar refractivity (Wildman–Crippen MR) is 105 cm³/mol. The van der Waals surface area contributed by atoms with E-state index in [2.05, 4.69) is 29.3 Å². The van der Waals surface area contributed by atoms with E-state index >= 15 is 0 Å². The van der Waals surface area contributed by atoms with Crippen LogP contribution >= 0.6 is 11.8 Å². The summed E-state index contributed by atoms with van der Waals surface area (Å²) < 4.78 is 7.58. The molecule has 2 aromatic heterocycles. The zero-order valence-corrected chi connectivity index (χ0v) is 15.5. The molecule has 0 saturated carbocycles. The number of thioether (sulfide) groups is 1. The lowest BCUT2D eigenvalue weighted by Gasteiger charge is -2.11. The van der Waals surface area contributed by atoms with Gasteiger partial charge in [0.15, 0.2) is 10.9 Å². The summed E-state index contributed by atoms with van der Waals surface area (Å²) in [7, 11) is 0. The van der Waals surface area contributed by atoms with E-state index in [-0.39, 0.29) is 0 Å². The van der Waals surface area contributed by atoms with Crippen molar-refractivity contribution >= 4 is 11.8 Å². The standard InChI is InChI=1S/C21H16N4OS/c1-15-6-2-3-9-18(15)25-20(19-10-5-11-26-19)23-24-21(25)27-14-17-8-4-7-16(12-17)13-22/h2-12H,14H2,1H3. The van der Waals surface area contributed by atoms with E-state index in [1.165, 1.54) is 0 Å². The molecule has 4 aromatic rings. The van der Waals surface area contributed by atoms with Gasteiger partial charge in [-0.15, -0.1) is 10.2 Å². The lowest BCUT2D eigenvalue weighted by molar-refractivity contribution is 0.575. The Hall–Kier alpha value is -3.30. The van der Waals surface area contributed by atoms with E-state index in [1.807, 2.05) is 53.1 Å². The average Bonchev–Trinajstić information content (AvgIpc) is 3.36. The number of benzene rings is 2. The van der Waals surface area contributed by atoms with Crippen molar-refractivity contribution in [1.82, 2.24) is 14.8 Å². The number of rotatable bonds is 5. The summed E-state index contributed by atoms with van der Waals surface area (Å²) in [5.74, 6) is 2.03. The lowest BCUT2D eigenvalue weighted by atomic mass is 10.2. The van der Waals surface area contributed by atoms with E-state index in [0.29, 0.717) is 22.9 Å². The molecule has 0 aliphatic heterocycles. The number of nitriles is 1. The largest absolute Gasteiger partial charge is 0.461 e. The quantitative estimate of drug-likeness (QED) is 0.461. The maximum Gasteiger partial charge on any atom is 0.205 e. The Morgan fingerprint density at radius 2 is 1.96 bits per heavy atom. The maximum atomic E-state index is 9.09. The van der Waals surface area contributed by atoms with Gasteiger partial charge in [-0.1, -0.05) is 42.1 Å². The Morgan fingerprint density at radius 3 is 2.74 bits per heavy atom. The highest BCUT2D eigenvalue weighted by molar-refractivity contribution is 7.98. The Labute approximate surface area is 161 Å². The van der Waals surface area contributed by atoms with Crippen molar-refractivity contribution < 1.29 is 4.42 Å². The summed E-state index contributed by atoms with van der Waals surface area (Å²) in [5.41, 5.74) is 3.86. The number of hydrogen-bond acceptors (Lipinski definition) is 5. The number of furan rings is 1. The normalized spacial score (nSPS) is 10.7. The van der Waals surface area contributed by atoms with E-state index in [1.54, 1.807) is 24.1 Å². The molecule has 0 unspecified atom stereocenters. The number of aryl methyl sites for hydroxylation is 1. The van der Waals surface area contributed by atoms with E-state index in [0.717, 1.165) is 22.0 Å². The van der Waals surface area contributed by atoms with Crippen LogP contribution in [0.3, 0.4) is 0 Å². The van der Waals surface area contributed by atoms with Crippen LogP contribution in [-0.2, 0) is 5.75 Å². The third kappa shape index (κ3) is 3.50. The second kappa shape index (κ2) is 7.52. The number of para-hydroxylation sites is 1. The fourth-order valence-electron chi connectivity index (χ4n) is 2.84. The van der Waals surface area contributed by atoms with Gasteiger partial charge in [-0.25, -0.2) is 0 Å². The molecule has 0 fully saturated rings. The summed E-state index contributed by atoms with van der Waals surface area (Å²) >= 11 is 1.58. The molecule has 2 heterocycles. The van der Waals surface area contributed by atoms with Gasteiger partial charge in [-0.05, 0) is 48.4 Å². The van der Waals surface area contributed by atoms with Crippen molar-refractivity contribution in [3.05, 3.63) is 83.6 Å². The highest BCUT2D eigenvalue weighted by Gasteiger charge is 2.19. The molecule has 132 valence electrons. The van der Waals surface area contributed by atoms with Crippen molar-refractivity contribution in [2.24, 2.45) is 0 Å². The molecule has 0 amide bonds. The molecule has 0 bridgehead atoms. The molecule has 5 nitrogen and oxygen atoms in total. The first kappa shape index (κ1) is 17.1. The molecular formula is C21H16N4OS. The summed E-state index contributed by atoms with van der Waals surface area (Å²) in [6, 6.07) is 21.6. The van der Waals surface area contributed by atoms with Crippen molar-refractivity contribution in [3.63, 3.8) is 0 Å². The minimum Gasteiger partial charge on any atom is -0.461 e. The topological polar surface area (TPSA) is 67.6 Å². The van der Waals surface area contributed by atoms with Gasteiger partial charge < -0.3 is 4.42 Å². The van der Waals surface area contributed by atoms with Gasteiger partial charge in [0.2, 0.25) is 5.82 Å². The van der Waals surface area contributed by atoms with Crippen LogP contribution in [0, 0.1) is 18.3 Å². The van der Waals surface area contributed by atoms with E-state index in [9.17, 15) is 0 Å². The van der Waals surface area contributed by atoms with Crippen molar-refractivity contribution in [2.45, 2.75) is 17.8 Å². The van der Waals surface area contributed by atoms with Crippen LogP contribution in [-0.4, -0.2) is 14.8 Å². The number of aromatic nitrogens is 3. The van der Waals surface area contributed by atoms with Crippen LogP contribution in [0.1, 0.15) is 16.7 Å². The minimum absolute atomic E-state index is 0.657. The second-order valence-corrected chi connectivity index (χ2v) is 6.95. The first-order valence-corrected chi connectivity index (χ1v) is 9.42. The highest BCUT2D eigenvalue weighted by atomic mass is 32.2. The van der Waals surface area contributed by atoms with Gasteiger partial charge in [0.05, 0.1) is 23.6 Å². The molecule has 27 heavy (non-hydrogen) atoms. The molecule has 4 rings (SSSR count). The molecule has 0 saturated heterocycles. The monoisotopic (exact) mass is 372 g/mol. The summed E-state index contributed by atoms with van der Waals surface area (Å²) in [6.45, 7) is 2.06. The smallest absolute Gasteiger partial charge is 0.205 e. The van der Waals surface area contributed by atoms with Crippen LogP contribution in [0.25, 0.3) is 17.3 Å². The van der Waals surface area contributed by atoms with Gasteiger partial charge in [-0.3, -0.25) is 4.57 Å². The zero-order chi connectivity index (χ0) is 18.6. The fraction of sp³-hybridized carbons (Fsp3) is 0.0952. The third-order valence-electron chi connectivity index (χ3n) is 4.16. The zero-order valence-electron chi connectivity index (χ0n) is 14.7. The fourth-order valence-corrected chi connectivity index (χ4v) is 3.73. The van der Waals surface area contributed by atoms with Crippen LogP contribution < -0.4 is 0 Å². The molecule has 0 radical (unpaired) electrons. The molecule has 2 aromatic carbocycles. The lowest BCUT2D eigenvalue weighted by Crippen LogP contribution is -2.01. The molecule has 0 spiro atoms. The summed E-state index contributed by atoms with van der Waals surface area (Å²) in [6.07, 6.45) is 1.63. The minimum atomic E-state index is 0.657. The van der Waals surface area contributed by atoms with Gasteiger partial charge in [0.25, 0.3) is 0 Å². The molecule has 0 aliphatic rings.